The van der Waals surface area contributed by atoms with Gasteiger partial charge < -0.3 is 10.1 Å². The van der Waals surface area contributed by atoms with Gasteiger partial charge >= 0.3 is 0 Å². The van der Waals surface area contributed by atoms with E-state index < -0.39 is 6.43 Å². The van der Waals surface area contributed by atoms with Crippen molar-refractivity contribution < 1.29 is 13.5 Å². The van der Waals surface area contributed by atoms with E-state index in [9.17, 15) is 8.78 Å². The summed E-state index contributed by atoms with van der Waals surface area (Å²) in [5, 5.41) is 3.26. The Morgan fingerprint density at radius 2 is 1.95 bits per heavy atom. The van der Waals surface area contributed by atoms with E-state index in [1.54, 1.807) is 7.11 Å². The van der Waals surface area contributed by atoms with Gasteiger partial charge in [-0.15, -0.1) is 12.4 Å². The molecule has 0 unspecified atom stereocenters. The zero-order valence-corrected chi connectivity index (χ0v) is 13.3. The smallest absolute Gasteiger partial charge is 0.240 e. The van der Waals surface area contributed by atoms with Crippen LogP contribution >= 0.6 is 12.4 Å². The summed E-state index contributed by atoms with van der Waals surface area (Å²) < 4.78 is 31.1. The minimum atomic E-state index is -2.30. The maximum absolute atomic E-state index is 12.9. The Labute approximate surface area is 131 Å². The van der Waals surface area contributed by atoms with Crippen LogP contribution in [0.3, 0.4) is 0 Å². The first-order valence-corrected chi connectivity index (χ1v) is 6.99. The van der Waals surface area contributed by atoms with Crippen LogP contribution in [-0.2, 0) is 0 Å². The molecule has 21 heavy (non-hydrogen) atoms. The molecule has 1 aromatic rings. The summed E-state index contributed by atoms with van der Waals surface area (Å²) in [6.07, 6.45) is -2.41. The highest BCUT2D eigenvalue weighted by Crippen LogP contribution is 2.31. The molecule has 120 valence electrons. The number of alkyl halides is 2. The van der Waals surface area contributed by atoms with Crippen molar-refractivity contribution in [2.24, 2.45) is 0 Å². The Bertz CT molecular complexity index is 440. The third-order valence-electron chi connectivity index (χ3n) is 3.83. The molecule has 1 aromatic carbocycles. The van der Waals surface area contributed by atoms with E-state index in [-0.39, 0.29) is 24.9 Å². The molecule has 1 aliphatic rings. The van der Waals surface area contributed by atoms with Gasteiger partial charge in [-0.25, -0.2) is 8.78 Å². The molecular formula is C15H23ClF2N2O. The molecule has 3 nitrogen and oxygen atoms in total. The summed E-state index contributed by atoms with van der Waals surface area (Å²) in [6, 6.07) is 5.46. The number of nitrogens with zero attached hydrogens (tertiary/aromatic N) is 1. The third-order valence-corrected chi connectivity index (χ3v) is 3.83. The van der Waals surface area contributed by atoms with Crippen molar-refractivity contribution in [1.82, 2.24) is 10.2 Å². The van der Waals surface area contributed by atoms with Gasteiger partial charge in [0.25, 0.3) is 0 Å². The molecule has 1 N–H and O–H groups in total. The number of ether oxygens (including phenoxy) is 1. The molecule has 2 rings (SSSR count). The number of aryl methyl sites for hydroxylation is 1. The van der Waals surface area contributed by atoms with E-state index in [0.29, 0.717) is 0 Å². The largest absolute Gasteiger partial charge is 0.497 e. The Kier molecular flexibility index (Phi) is 7.35. The average molecular weight is 321 g/mol. The van der Waals surface area contributed by atoms with Crippen LogP contribution in [0.15, 0.2) is 18.2 Å². The van der Waals surface area contributed by atoms with Gasteiger partial charge in [-0.2, -0.15) is 0 Å². The number of nitrogens with one attached hydrogen (secondary N) is 1. The fourth-order valence-corrected chi connectivity index (χ4v) is 2.78. The highest BCUT2D eigenvalue weighted by Gasteiger charge is 2.26. The van der Waals surface area contributed by atoms with Gasteiger partial charge in [-0.05, 0) is 30.2 Å². The van der Waals surface area contributed by atoms with Crippen LogP contribution in [0.25, 0.3) is 0 Å². The number of halogens is 3. The van der Waals surface area contributed by atoms with Crippen molar-refractivity contribution in [3.63, 3.8) is 0 Å². The molecule has 1 heterocycles. The van der Waals surface area contributed by atoms with Crippen LogP contribution in [0, 0.1) is 6.92 Å². The van der Waals surface area contributed by atoms with Crippen LogP contribution in [0.2, 0.25) is 0 Å². The SMILES string of the molecule is COc1ccc([C@H](CC(F)F)N2CCNCC2)c(C)c1.Cl. The predicted molar refractivity (Wildman–Crippen MR) is 82.8 cm³/mol. The number of benzene rings is 1. The number of hydrogen-bond donors (Lipinski definition) is 1. The zero-order valence-electron chi connectivity index (χ0n) is 12.4. The summed E-state index contributed by atoms with van der Waals surface area (Å²) in [6.45, 7) is 5.29. The summed E-state index contributed by atoms with van der Waals surface area (Å²) in [5.74, 6) is 0.766. The quantitative estimate of drug-likeness (QED) is 0.902. The first kappa shape index (κ1) is 18.1. The van der Waals surface area contributed by atoms with E-state index in [2.05, 4.69) is 10.2 Å². The van der Waals surface area contributed by atoms with Crippen LogP contribution < -0.4 is 10.1 Å². The molecule has 1 aliphatic heterocycles. The van der Waals surface area contributed by atoms with Gasteiger partial charge in [-0.1, -0.05) is 6.07 Å². The van der Waals surface area contributed by atoms with Gasteiger partial charge in [0, 0.05) is 38.6 Å². The van der Waals surface area contributed by atoms with Crippen molar-refractivity contribution in [3.8, 4) is 5.75 Å². The Hall–Kier alpha value is -0.910. The van der Waals surface area contributed by atoms with Crippen LogP contribution in [0.4, 0.5) is 8.78 Å². The monoisotopic (exact) mass is 320 g/mol. The van der Waals surface area contributed by atoms with Gasteiger partial charge in [-0.3, -0.25) is 4.90 Å². The molecule has 0 amide bonds. The average Bonchev–Trinajstić information content (AvgIpc) is 2.45. The molecule has 0 aliphatic carbocycles. The molecule has 1 saturated heterocycles. The standard InChI is InChI=1S/C15H22F2N2O.ClH/c1-11-9-12(20-2)3-4-13(11)14(10-15(16)17)19-7-5-18-6-8-19;/h3-4,9,14-15,18H,5-8,10H2,1-2H3;1H/t14-;/m0./s1. The lowest BCUT2D eigenvalue weighted by molar-refractivity contribution is 0.0737. The lowest BCUT2D eigenvalue weighted by atomic mass is 9.96. The second kappa shape index (κ2) is 8.51. The van der Waals surface area contributed by atoms with Gasteiger partial charge in [0.15, 0.2) is 0 Å². The van der Waals surface area contributed by atoms with Crippen molar-refractivity contribution in [2.45, 2.75) is 25.8 Å². The maximum atomic E-state index is 12.9. The molecule has 6 heteroatoms. The van der Waals surface area contributed by atoms with E-state index in [1.165, 1.54) is 0 Å². The summed E-state index contributed by atoms with van der Waals surface area (Å²) in [4.78, 5) is 2.15. The Morgan fingerprint density at radius 3 is 2.48 bits per heavy atom. The first-order valence-electron chi connectivity index (χ1n) is 6.99. The summed E-state index contributed by atoms with van der Waals surface area (Å²) in [5.41, 5.74) is 1.99. The first-order chi connectivity index (χ1) is 9.61. The number of rotatable bonds is 5. The predicted octanol–water partition coefficient (Wildman–Crippen LogP) is 3.03. The molecule has 0 bridgehead atoms. The normalized spacial score (nSPS) is 17.4. The molecule has 0 radical (unpaired) electrons. The highest BCUT2D eigenvalue weighted by atomic mass is 35.5. The minimum Gasteiger partial charge on any atom is -0.497 e. The zero-order chi connectivity index (χ0) is 14.5. The minimum absolute atomic E-state index is 0. The molecule has 1 fully saturated rings. The summed E-state index contributed by atoms with van der Waals surface area (Å²) in [7, 11) is 1.61. The molecule has 0 aromatic heterocycles. The maximum Gasteiger partial charge on any atom is 0.240 e. The lowest BCUT2D eigenvalue weighted by Crippen LogP contribution is -2.45. The second-order valence-corrected chi connectivity index (χ2v) is 5.15. The van der Waals surface area contributed by atoms with Gasteiger partial charge in [0.1, 0.15) is 5.75 Å². The topological polar surface area (TPSA) is 24.5 Å². The van der Waals surface area contributed by atoms with Crippen LogP contribution in [-0.4, -0.2) is 44.6 Å². The van der Waals surface area contributed by atoms with E-state index >= 15 is 0 Å². The number of methoxy groups -OCH3 is 1. The Morgan fingerprint density at radius 1 is 1.29 bits per heavy atom. The van der Waals surface area contributed by atoms with Crippen molar-refractivity contribution in [2.75, 3.05) is 33.3 Å². The fraction of sp³-hybridized carbons (Fsp3) is 0.600. The Balaban J connectivity index is 0.00000220. The molecular weight excluding hydrogens is 298 g/mol. The van der Waals surface area contributed by atoms with E-state index in [0.717, 1.165) is 43.1 Å². The molecule has 1 atom stereocenters. The number of piperazine rings is 1. The van der Waals surface area contributed by atoms with Crippen molar-refractivity contribution >= 4 is 12.4 Å². The summed E-state index contributed by atoms with van der Waals surface area (Å²) >= 11 is 0. The van der Waals surface area contributed by atoms with Crippen molar-refractivity contribution in [3.05, 3.63) is 29.3 Å². The highest BCUT2D eigenvalue weighted by molar-refractivity contribution is 5.85. The van der Waals surface area contributed by atoms with Crippen LogP contribution in [0.5, 0.6) is 5.75 Å². The molecule has 0 spiro atoms. The van der Waals surface area contributed by atoms with E-state index in [4.69, 9.17) is 4.74 Å². The van der Waals surface area contributed by atoms with Gasteiger partial charge in [0.05, 0.1) is 7.11 Å². The van der Waals surface area contributed by atoms with Gasteiger partial charge in [0.2, 0.25) is 6.43 Å². The number of hydrogen-bond acceptors (Lipinski definition) is 3. The van der Waals surface area contributed by atoms with Crippen LogP contribution in [0.1, 0.15) is 23.6 Å². The van der Waals surface area contributed by atoms with Crippen molar-refractivity contribution in [1.29, 1.82) is 0 Å². The molecule has 0 saturated carbocycles. The fourth-order valence-electron chi connectivity index (χ4n) is 2.78. The van der Waals surface area contributed by atoms with E-state index in [1.807, 2.05) is 25.1 Å². The second-order valence-electron chi connectivity index (χ2n) is 5.15. The third kappa shape index (κ3) is 4.80. The lowest BCUT2D eigenvalue weighted by Gasteiger charge is -2.36.